The van der Waals surface area contributed by atoms with E-state index in [1.54, 1.807) is 19.8 Å². The van der Waals surface area contributed by atoms with E-state index >= 15 is 0 Å². The van der Waals surface area contributed by atoms with Crippen LogP contribution >= 0.6 is 11.6 Å². The molecule has 0 unspecified atom stereocenters. The molecule has 2 atom stereocenters. The van der Waals surface area contributed by atoms with Gasteiger partial charge in [0.05, 0.1) is 18.7 Å². The number of rotatable bonds is 8. The minimum Gasteiger partial charge on any atom is -0.495 e. The third-order valence-corrected chi connectivity index (χ3v) is 8.15. The van der Waals surface area contributed by atoms with Gasteiger partial charge >= 0.3 is 0 Å². The van der Waals surface area contributed by atoms with Crippen molar-refractivity contribution in [3.63, 3.8) is 0 Å². The van der Waals surface area contributed by atoms with Crippen LogP contribution < -0.4 is 14.4 Å². The molecule has 7 nitrogen and oxygen atoms in total. The Kier molecular flexibility index (Phi) is 7.67. The predicted molar refractivity (Wildman–Crippen MR) is 143 cm³/mol. The fourth-order valence-corrected chi connectivity index (χ4v) is 5.95. The molecule has 192 valence electrons. The minimum atomic E-state index is 0.464. The van der Waals surface area contributed by atoms with Crippen LogP contribution in [0.15, 0.2) is 43.0 Å². The van der Waals surface area contributed by atoms with Crippen LogP contribution in [0.3, 0.4) is 0 Å². The zero-order valence-electron chi connectivity index (χ0n) is 21.5. The number of piperazine rings is 1. The molecule has 36 heavy (non-hydrogen) atoms. The van der Waals surface area contributed by atoms with Gasteiger partial charge in [-0.3, -0.25) is 9.58 Å². The van der Waals surface area contributed by atoms with Gasteiger partial charge in [0.1, 0.15) is 24.2 Å². The molecule has 2 fully saturated rings. The molecule has 0 radical (unpaired) electrons. The maximum absolute atomic E-state index is 6.26. The number of ether oxygens (including phenoxy) is 2. The van der Waals surface area contributed by atoms with Gasteiger partial charge in [-0.25, -0.2) is 4.98 Å². The predicted octanol–water partition coefficient (Wildman–Crippen LogP) is 5.44. The summed E-state index contributed by atoms with van der Waals surface area (Å²) in [5.74, 6) is 1.73. The zero-order chi connectivity index (χ0) is 25.1. The molecule has 2 saturated heterocycles. The van der Waals surface area contributed by atoms with Gasteiger partial charge < -0.3 is 14.4 Å². The number of benzene rings is 2. The van der Waals surface area contributed by atoms with Crippen molar-refractivity contribution in [2.24, 2.45) is 0 Å². The van der Waals surface area contributed by atoms with Crippen molar-refractivity contribution < 1.29 is 9.47 Å². The number of aromatic nitrogens is 3. The molecule has 0 N–H and O–H groups in total. The van der Waals surface area contributed by atoms with Crippen molar-refractivity contribution in [3.8, 4) is 11.5 Å². The van der Waals surface area contributed by atoms with Crippen LogP contribution in [-0.2, 0) is 6.54 Å². The lowest BCUT2D eigenvalue weighted by Gasteiger charge is -2.49. The van der Waals surface area contributed by atoms with Gasteiger partial charge in [-0.05, 0) is 68.0 Å². The van der Waals surface area contributed by atoms with Gasteiger partial charge in [-0.15, -0.1) is 0 Å². The fraction of sp³-hybridized carbons (Fsp3) is 0.500. The summed E-state index contributed by atoms with van der Waals surface area (Å²) >= 11 is 6.26. The van der Waals surface area contributed by atoms with E-state index in [0.717, 1.165) is 44.1 Å². The summed E-state index contributed by atoms with van der Waals surface area (Å²) in [7, 11) is 1.67. The van der Waals surface area contributed by atoms with Crippen LogP contribution in [0.2, 0.25) is 5.02 Å². The number of aryl methyl sites for hydroxylation is 1. The molecule has 3 aromatic rings. The van der Waals surface area contributed by atoms with E-state index in [1.807, 2.05) is 10.7 Å². The molecule has 0 bridgehead atoms. The van der Waals surface area contributed by atoms with E-state index in [0.29, 0.717) is 23.7 Å². The normalized spacial score (nSPS) is 20.3. The molecule has 8 heteroatoms. The molecule has 2 aliphatic rings. The molecule has 5 rings (SSSR count). The van der Waals surface area contributed by atoms with Crippen LogP contribution in [0.4, 0.5) is 5.69 Å². The van der Waals surface area contributed by atoms with E-state index in [1.165, 1.54) is 41.6 Å². The summed E-state index contributed by atoms with van der Waals surface area (Å²) in [6, 6.07) is 11.6. The van der Waals surface area contributed by atoms with Crippen LogP contribution in [-0.4, -0.2) is 59.1 Å². The van der Waals surface area contributed by atoms with Gasteiger partial charge in [-0.1, -0.05) is 17.7 Å². The van der Waals surface area contributed by atoms with E-state index in [-0.39, 0.29) is 0 Å². The first-order valence-electron chi connectivity index (χ1n) is 12.9. The summed E-state index contributed by atoms with van der Waals surface area (Å²) in [5, 5.41) is 4.81. The second-order valence-electron chi connectivity index (χ2n) is 9.87. The number of anilines is 1. The summed E-state index contributed by atoms with van der Waals surface area (Å²) in [5.41, 5.74) is 5.26. The molecule has 3 heterocycles. The Labute approximate surface area is 219 Å². The van der Waals surface area contributed by atoms with E-state index < -0.39 is 0 Å². The number of hydrogen-bond donors (Lipinski definition) is 0. The van der Waals surface area contributed by atoms with E-state index in [4.69, 9.17) is 21.1 Å². The molecule has 0 aliphatic carbocycles. The minimum absolute atomic E-state index is 0.464. The number of hydrogen-bond acceptors (Lipinski definition) is 6. The molecule has 0 spiro atoms. The Balaban J connectivity index is 1.25. The highest BCUT2D eigenvalue weighted by Crippen LogP contribution is 2.40. The molecular weight excluding hydrogens is 474 g/mol. The van der Waals surface area contributed by atoms with Gasteiger partial charge in [-0.2, -0.15) is 5.10 Å². The average Bonchev–Trinajstić information content (AvgIpc) is 3.42. The zero-order valence-corrected chi connectivity index (χ0v) is 22.2. The molecule has 0 amide bonds. The maximum Gasteiger partial charge on any atom is 0.139 e. The highest BCUT2D eigenvalue weighted by Gasteiger charge is 2.36. The summed E-state index contributed by atoms with van der Waals surface area (Å²) in [6.45, 7) is 9.02. The van der Waals surface area contributed by atoms with Gasteiger partial charge in [0, 0.05) is 56.4 Å². The lowest BCUT2D eigenvalue weighted by atomic mass is 9.86. The van der Waals surface area contributed by atoms with Crippen molar-refractivity contribution in [1.29, 1.82) is 0 Å². The first kappa shape index (κ1) is 24.9. The molecule has 1 aromatic heterocycles. The van der Waals surface area contributed by atoms with Gasteiger partial charge in [0.2, 0.25) is 0 Å². The smallest absolute Gasteiger partial charge is 0.139 e. The lowest BCUT2D eigenvalue weighted by Crippen LogP contribution is -2.56. The summed E-state index contributed by atoms with van der Waals surface area (Å²) in [4.78, 5) is 9.22. The topological polar surface area (TPSA) is 55.7 Å². The first-order valence-corrected chi connectivity index (χ1v) is 13.3. The highest BCUT2D eigenvalue weighted by molar-refractivity contribution is 6.32. The Bertz CT molecular complexity index is 1170. The number of piperidine rings is 1. The van der Waals surface area contributed by atoms with Crippen molar-refractivity contribution in [2.45, 2.75) is 58.2 Å². The Hall–Kier alpha value is -2.77. The number of fused-ring (bicyclic) bond motifs is 1. The summed E-state index contributed by atoms with van der Waals surface area (Å²) in [6.07, 6.45) is 7.91. The lowest BCUT2D eigenvalue weighted by molar-refractivity contribution is 0.0712. The first-order chi connectivity index (χ1) is 17.5. The molecule has 0 saturated carbocycles. The number of methoxy groups -OCH3 is 1. The van der Waals surface area contributed by atoms with Crippen LogP contribution in [0.5, 0.6) is 11.5 Å². The SMILES string of the molecule is COc1cc(N2CCN3[C@@H](CCC[C@@H]3c3ccc(OCCCn4cncn4)c(C)c3C)C2)ccc1Cl. The Morgan fingerprint density at radius 3 is 2.75 bits per heavy atom. The second kappa shape index (κ2) is 11.1. The van der Waals surface area contributed by atoms with Gasteiger partial charge in [0.25, 0.3) is 0 Å². The number of nitrogens with zero attached hydrogens (tertiary/aromatic N) is 5. The molecule has 2 aliphatic heterocycles. The van der Waals surface area contributed by atoms with E-state index in [2.05, 4.69) is 58.0 Å². The number of halogens is 1. The third kappa shape index (κ3) is 5.18. The Morgan fingerprint density at radius 2 is 1.94 bits per heavy atom. The van der Waals surface area contributed by atoms with Gasteiger partial charge in [0.15, 0.2) is 0 Å². The van der Waals surface area contributed by atoms with Crippen molar-refractivity contribution >= 4 is 17.3 Å². The van der Waals surface area contributed by atoms with Crippen LogP contribution in [0, 0.1) is 13.8 Å². The van der Waals surface area contributed by atoms with Crippen molar-refractivity contribution in [2.75, 3.05) is 38.3 Å². The van der Waals surface area contributed by atoms with Crippen molar-refractivity contribution in [1.82, 2.24) is 19.7 Å². The molecule has 2 aromatic carbocycles. The second-order valence-corrected chi connectivity index (χ2v) is 10.3. The average molecular weight is 510 g/mol. The largest absolute Gasteiger partial charge is 0.495 e. The van der Waals surface area contributed by atoms with Crippen LogP contribution in [0.1, 0.15) is 48.4 Å². The maximum atomic E-state index is 6.26. The van der Waals surface area contributed by atoms with Crippen molar-refractivity contribution in [3.05, 3.63) is 64.7 Å². The quantitative estimate of drug-likeness (QED) is 0.377. The van der Waals surface area contributed by atoms with E-state index in [9.17, 15) is 0 Å². The fourth-order valence-electron chi connectivity index (χ4n) is 5.75. The highest BCUT2D eigenvalue weighted by atomic mass is 35.5. The van der Waals surface area contributed by atoms with Crippen LogP contribution in [0.25, 0.3) is 0 Å². The Morgan fingerprint density at radius 1 is 1.06 bits per heavy atom. The third-order valence-electron chi connectivity index (χ3n) is 7.84. The molecular formula is C28H36ClN5O2. The standard InChI is InChI=1S/C28H36ClN5O2/c1-20-21(2)27(36-15-5-12-33-19-30-18-31-33)11-9-24(20)26-7-4-6-23-17-32(13-14-34(23)26)22-8-10-25(29)28(16-22)35-3/h8-11,16,18-19,23,26H,4-7,12-15,17H2,1-3H3/t23-,26+/m0/s1. The summed E-state index contributed by atoms with van der Waals surface area (Å²) < 4.78 is 13.4. The monoisotopic (exact) mass is 509 g/mol.